The Morgan fingerprint density at radius 2 is 2.04 bits per heavy atom. The first kappa shape index (κ1) is 15.2. The average molecular weight is 331 g/mol. The molecule has 0 fully saturated rings. The fraction of sp³-hybridized carbons (Fsp3) is 0.0625. The third-order valence-electron chi connectivity index (χ3n) is 3.09. The molecular weight excluding hydrogens is 320 g/mol. The van der Waals surface area contributed by atoms with E-state index in [2.05, 4.69) is 15.3 Å². The van der Waals surface area contributed by atoms with E-state index in [1.54, 1.807) is 25.4 Å². The second-order valence-electron chi connectivity index (χ2n) is 4.76. The summed E-state index contributed by atoms with van der Waals surface area (Å²) in [6.07, 6.45) is 3.32. The summed E-state index contributed by atoms with van der Waals surface area (Å²) in [6, 6.07) is 6.83. The van der Waals surface area contributed by atoms with Crippen molar-refractivity contribution in [1.29, 1.82) is 0 Å². The fourth-order valence-corrected chi connectivity index (χ4v) is 2.93. The number of hydrogen-bond acceptors (Lipinski definition) is 4. The molecule has 0 atom stereocenters. The van der Waals surface area contributed by atoms with Gasteiger partial charge in [0.1, 0.15) is 9.88 Å². The second kappa shape index (κ2) is 6.21. The maximum absolute atomic E-state index is 13.2. The number of nitrogens with zero attached hydrogens (tertiary/aromatic N) is 2. The van der Waals surface area contributed by atoms with Crippen molar-refractivity contribution >= 4 is 22.9 Å². The van der Waals surface area contributed by atoms with Crippen molar-refractivity contribution in [1.82, 2.24) is 9.97 Å². The molecule has 0 saturated heterocycles. The van der Waals surface area contributed by atoms with Gasteiger partial charge in [-0.1, -0.05) is 0 Å². The highest BCUT2D eigenvalue weighted by Crippen LogP contribution is 2.28. The fourth-order valence-electron chi connectivity index (χ4n) is 1.98. The molecule has 0 bridgehead atoms. The number of amides is 1. The predicted molar refractivity (Wildman–Crippen MR) is 84.4 cm³/mol. The number of anilines is 1. The van der Waals surface area contributed by atoms with Gasteiger partial charge in [-0.2, -0.15) is 0 Å². The number of nitrogens with one attached hydrogen (secondary N) is 1. The molecule has 2 aromatic heterocycles. The summed E-state index contributed by atoms with van der Waals surface area (Å²) in [7, 11) is 0. The highest BCUT2D eigenvalue weighted by molar-refractivity contribution is 7.17. The van der Waals surface area contributed by atoms with Crippen molar-refractivity contribution in [3.63, 3.8) is 0 Å². The molecule has 1 amide bonds. The van der Waals surface area contributed by atoms with E-state index in [0.717, 1.165) is 17.7 Å². The lowest BCUT2D eigenvalue weighted by molar-refractivity contribution is 0.103. The summed E-state index contributed by atoms with van der Waals surface area (Å²) < 4.78 is 26.1. The van der Waals surface area contributed by atoms with Gasteiger partial charge in [-0.3, -0.25) is 9.78 Å². The number of carbonyl (C=O) groups is 1. The van der Waals surface area contributed by atoms with Gasteiger partial charge in [0.15, 0.2) is 11.6 Å². The Balaban J connectivity index is 1.85. The monoisotopic (exact) mass is 331 g/mol. The summed E-state index contributed by atoms with van der Waals surface area (Å²) >= 11 is 1.22. The van der Waals surface area contributed by atoms with Crippen LogP contribution >= 0.6 is 11.3 Å². The number of rotatable bonds is 3. The van der Waals surface area contributed by atoms with Gasteiger partial charge in [-0.25, -0.2) is 13.8 Å². The minimum Gasteiger partial charge on any atom is -0.321 e. The molecule has 4 nitrogen and oxygen atoms in total. The molecule has 1 aromatic carbocycles. The third-order valence-corrected chi connectivity index (χ3v) is 4.29. The second-order valence-corrected chi connectivity index (χ2v) is 5.76. The molecule has 7 heteroatoms. The highest BCUT2D eigenvalue weighted by atomic mass is 32.1. The molecule has 0 aliphatic carbocycles. The van der Waals surface area contributed by atoms with E-state index in [0.29, 0.717) is 15.6 Å². The van der Waals surface area contributed by atoms with Crippen LogP contribution < -0.4 is 5.32 Å². The van der Waals surface area contributed by atoms with E-state index in [1.807, 2.05) is 6.07 Å². The molecule has 0 unspecified atom stereocenters. The number of benzene rings is 1. The minimum absolute atomic E-state index is 0.185. The summed E-state index contributed by atoms with van der Waals surface area (Å²) in [5.41, 5.74) is 1.56. The van der Waals surface area contributed by atoms with Gasteiger partial charge >= 0.3 is 0 Å². The Labute approximate surface area is 134 Å². The van der Waals surface area contributed by atoms with E-state index in [4.69, 9.17) is 0 Å². The van der Waals surface area contributed by atoms with Crippen molar-refractivity contribution in [2.45, 2.75) is 6.92 Å². The standard InChI is InChI=1S/C16H11F2N3OS/c1-9-14(23-16(20-9)10-3-2-6-19-8-10)15(22)21-11-4-5-12(17)13(18)7-11/h2-8H,1H3,(H,21,22). The summed E-state index contributed by atoms with van der Waals surface area (Å²) in [6.45, 7) is 1.72. The van der Waals surface area contributed by atoms with Crippen LogP contribution in [0.1, 0.15) is 15.4 Å². The van der Waals surface area contributed by atoms with Crippen molar-refractivity contribution in [2.24, 2.45) is 0 Å². The number of carbonyl (C=O) groups excluding carboxylic acids is 1. The Morgan fingerprint density at radius 1 is 1.22 bits per heavy atom. The molecule has 3 rings (SSSR count). The zero-order valence-corrected chi connectivity index (χ0v) is 12.8. The molecule has 0 aliphatic heterocycles. The SMILES string of the molecule is Cc1nc(-c2cccnc2)sc1C(=O)Nc1ccc(F)c(F)c1. The molecule has 0 aliphatic rings. The van der Waals surface area contributed by atoms with Crippen LogP contribution in [0.5, 0.6) is 0 Å². The lowest BCUT2D eigenvalue weighted by atomic mass is 10.3. The minimum atomic E-state index is -1.01. The van der Waals surface area contributed by atoms with Crippen molar-refractivity contribution in [3.05, 3.63) is 64.9 Å². The molecule has 2 heterocycles. The zero-order valence-electron chi connectivity index (χ0n) is 12.0. The third kappa shape index (κ3) is 3.24. The van der Waals surface area contributed by atoms with Crippen LogP contribution in [0.2, 0.25) is 0 Å². The van der Waals surface area contributed by atoms with E-state index in [1.165, 1.54) is 17.4 Å². The first-order valence-electron chi connectivity index (χ1n) is 6.69. The summed E-state index contributed by atoms with van der Waals surface area (Å²) in [4.78, 5) is 21.1. The van der Waals surface area contributed by atoms with E-state index in [9.17, 15) is 13.6 Å². The van der Waals surface area contributed by atoms with Gasteiger partial charge < -0.3 is 5.32 Å². The maximum Gasteiger partial charge on any atom is 0.267 e. The smallest absolute Gasteiger partial charge is 0.267 e. The van der Waals surface area contributed by atoms with Crippen LogP contribution in [0, 0.1) is 18.6 Å². The number of halogens is 2. The van der Waals surface area contributed by atoms with E-state index in [-0.39, 0.29) is 5.69 Å². The van der Waals surface area contributed by atoms with Gasteiger partial charge in [-0.15, -0.1) is 11.3 Å². The first-order valence-corrected chi connectivity index (χ1v) is 7.50. The lowest BCUT2D eigenvalue weighted by Gasteiger charge is -2.04. The van der Waals surface area contributed by atoms with Gasteiger partial charge in [0.25, 0.3) is 5.91 Å². The molecule has 0 spiro atoms. The molecule has 23 heavy (non-hydrogen) atoms. The summed E-state index contributed by atoms with van der Waals surface area (Å²) in [5, 5.41) is 3.21. The topological polar surface area (TPSA) is 54.9 Å². The average Bonchev–Trinajstić information content (AvgIpc) is 2.94. The highest BCUT2D eigenvalue weighted by Gasteiger charge is 2.17. The molecule has 0 radical (unpaired) electrons. The number of hydrogen-bond donors (Lipinski definition) is 1. The molecular formula is C16H11F2N3OS. The van der Waals surface area contributed by atoms with Crippen LogP contribution in [0.3, 0.4) is 0 Å². The number of aryl methyl sites for hydroxylation is 1. The van der Waals surface area contributed by atoms with Crippen molar-refractivity contribution in [3.8, 4) is 10.6 Å². The van der Waals surface area contributed by atoms with Crippen LogP contribution in [-0.2, 0) is 0 Å². The van der Waals surface area contributed by atoms with Crippen molar-refractivity contribution in [2.75, 3.05) is 5.32 Å². The summed E-state index contributed by atoms with van der Waals surface area (Å²) in [5.74, 6) is -2.39. The quantitative estimate of drug-likeness (QED) is 0.788. The first-order chi connectivity index (χ1) is 11.0. The van der Waals surface area contributed by atoms with E-state index < -0.39 is 17.5 Å². The van der Waals surface area contributed by atoms with Gasteiger partial charge in [0.05, 0.1) is 5.69 Å². The number of aromatic nitrogens is 2. The van der Waals surface area contributed by atoms with Gasteiger partial charge in [0.2, 0.25) is 0 Å². The lowest BCUT2D eigenvalue weighted by Crippen LogP contribution is -2.11. The van der Waals surface area contributed by atoms with Gasteiger partial charge in [0, 0.05) is 29.7 Å². The van der Waals surface area contributed by atoms with Crippen LogP contribution in [0.25, 0.3) is 10.6 Å². The molecule has 0 saturated carbocycles. The molecule has 116 valence electrons. The van der Waals surface area contributed by atoms with Gasteiger partial charge in [-0.05, 0) is 31.2 Å². The molecule has 1 N–H and O–H groups in total. The Morgan fingerprint density at radius 3 is 2.74 bits per heavy atom. The largest absolute Gasteiger partial charge is 0.321 e. The van der Waals surface area contributed by atoms with E-state index >= 15 is 0 Å². The van der Waals surface area contributed by atoms with Crippen molar-refractivity contribution < 1.29 is 13.6 Å². The zero-order chi connectivity index (χ0) is 16.4. The normalized spacial score (nSPS) is 10.6. The predicted octanol–water partition coefficient (Wildman–Crippen LogP) is 4.04. The number of thiazole rings is 1. The van der Waals surface area contributed by atoms with Crippen LogP contribution in [-0.4, -0.2) is 15.9 Å². The molecule has 3 aromatic rings. The Kier molecular flexibility index (Phi) is 4.12. The number of pyridine rings is 1. The Bertz CT molecular complexity index is 865. The van der Waals surface area contributed by atoms with Crippen LogP contribution in [0.4, 0.5) is 14.5 Å². The maximum atomic E-state index is 13.2. The van der Waals surface area contributed by atoms with Crippen LogP contribution in [0.15, 0.2) is 42.7 Å². The Hall–Kier alpha value is -2.67.